The summed E-state index contributed by atoms with van der Waals surface area (Å²) in [5.41, 5.74) is -1.85. The summed E-state index contributed by atoms with van der Waals surface area (Å²) < 4.78 is 11.6. The van der Waals surface area contributed by atoms with E-state index in [1.807, 2.05) is 91.0 Å². The predicted octanol–water partition coefficient (Wildman–Crippen LogP) is 4.73. The second kappa shape index (κ2) is 12.0. The molecule has 206 valence electrons. The summed E-state index contributed by atoms with van der Waals surface area (Å²) in [6.07, 6.45) is 0. The van der Waals surface area contributed by atoms with Crippen LogP contribution in [-0.2, 0) is 19.1 Å². The molecule has 0 aliphatic heterocycles. The number of hydrogen-bond donors (Lipinski definition) is 0. The van der Waals surface area contributed by atoms with Crippen molar-refractivity contribution in [3.63, 3.8) is 0 Å². The van der Waals surface area contributed by atoms with Crippen molar-refractivity contribution in [3.05, 3.63) is 101 Å². The molecule has 0 bridgehead atoms. The third-order valence-corrected chi connectivity index (χ3v) is 10.2. The van der Waals surface area contributed by atoms with Crippen molar-refractivity contribution in [3.8, 4) is 0 Å². The van der Waals surface area contributed by atoms with Crippen LogP contribution in [0.3, 0.4) is 0 Å². The fourth-order valence-corrected chi connectivity index (χ4v) is 9.02. The van der Waals surface area contributed by atoms with E-state index in [9.17, 15) is 19.7 Å². The van der Waals surface area contributed by atoms with Crippen LogP contribution in [0.4, 0.5) is 0 Å². The number of nitro groups is 1. The molecule has 39 heavy (non-hydrogen) atoms. The molecule has 3 rings (SSSR count). The van der Waals surface area contributed by atoms with E-state index in [0.717, 1.165) is 15.9 Å². The lowest BCUT2D eigenvalue weighted by atomic mass is 10.0. The van der Waals surface area contributed by atoms with Crippen molar-refractivity contribution in [1.82, 2.24) is 0 Å². The number of nitrogens with zero attached hydrogens (tertiary/aromatic N) is 1. The molecule has 1 unspecified atom stereocenters. The van der Waals surface area contributed by atoms with Crippen LogP contribution >= 0.6 is 6.89 Å². The summed E-state index contributed by atoms with van der Waals surface area (Å²) in [6.45, 7) is 6.23. The zero-order valence-corrected chi connectivity index (χ0v) is 24.2. The van der Waals surface area contributed by atoms with Crippen molar-refractivity contribution >= 4 is 40.0 Å². The minimum atomic E-state index is -3.20. The van der Waals surface area contributed by atoms with Crippen LogP contribution in [0.15, 0.2) is 91.0 Å². The monoisotopic (exact) mass is 549 g/mol. The lowest BCUT2D eigenvalue weighted by molar-refractivity contribution is -0.483. The summed E-state index contributed by atoms with van der Waals surface area (Å²) in [6, 6.07) is 28.1. The molecular weight excluding hydrogens is 513 g/mol. The molecule has 3 aromatic rings. The highest BCUT2D eigenvalue weighted by Gasteiger charge is 2.45. The van der Waals surface area contributed by atoms with Gasteiger partial charge in [0.15, 0.2) is 5.92 Å². The Bertz CT molecular complexity index is 1250. The maximum Gasteiger partial charge on any atom is 0.336 e. The van der Waals surface area contributed by atoms with Gasteiger partial charge in [0.05, 0.1) is 5.29 Å². The summed E-state index contributed by atoms with van der Waals surface area (Å²) in [5.74, 6) is -3.10. The average Bonchev–Trinajstić information content (AvgIpc) is 2.85. The number of carbonyl (C=O) groups is 2. The average molecular weight is 550 g/mol. The first-order valence-electron chi connectivity index (χ1n) is 12.8. The van der Waals surface area contributed by atoms with Crippen molar-refractivity contribution in [2.24, 2.45) is 5.92 Å². The number of carbonyl (C=O) groups excluding carboxylic acids is 2. The molecule has 0 fully saturated rings. The maximum atomic E-state index is 14.4. The highest BCUT2D eigenvalue weighted by molar-refractivity contribution is 7.96. The first-order valence-corrected chi connectivity index (χ1v) is 14.6. The Labute approximate surface area is 230 Å². The van der Waals surface area contributed by atoms with E-state index in [2.05, 4.69) is 0 Å². The normalized spacial score (nSPS) is 12.8. The van der Waals surface area contributed by atoms with Gasteiger partial charge in [-0.25, -0.2) is 4.79 Å². The Hall–Kier alpha value is -3.70. The van der Waals surface area contributed by atoms with Crippen LogP contribution in [0.2, 0.25) is 0 Å². The SMILES string of the molecule is CC(C)(C)OC(=O)C(C(C[N+](=O)[O-])C(=O)OC(C)(C)C)=P(c1ccccc1)(c1ccccc1)c1ccccc1. The molecule has 0 aliphatic carbocycles. The Morgan fingerprint density at radius 1 is 0.718 bits per heavy atom. The van der Waals surface area contributed by atoms with Gasteiger partial charge in [-0.1, -0.05) is 91.0 Å². The highest BCUT2D eigenvalue weighted by atomic mass is 31.2. The van der Waals surface area contributed by atoms with Crippen LogP contribution in [0, 0.1) is 16.0 Å². The van der Waals surface area contributed by atoms with Gasteiger partial charge in [0, 0.05) is 4.92 Å². The number of hydrogen-bond acceptors (Lipinski definition) is 6. The molecule has 0 aromatic heterocycles. The topological polar surface area (TPSA) is 95.7 Å². The van der Waals surface area contributed by atoms with Gasteiger partial charge in [0.2, 0.25) is 6.54 Å². The molecule has 3 aromatic carbocycles. The molecule has 0 saturated carbocycles. The molecule has 7 nitrogen and oxygen atoms in total. The van der Waals surface area contributed by atoms with Gasteiger partial charge in [0.1, 0.15) is 11.2 Å². The van der Waals surface area contributed by atoms with Crippen LogP contribution in [0.1, 0.15) is 41.5 Å². The summed E-state index contributed by atoms with van der Waals surface area (Å²) >= 11 is 0. The van der Waals surface area contributed by atoms with Crippen LogP contribution in [-0.4, -0.2) is 39.9 Å². The molecule has 0 aliphatic rings. The second-order valence-electron chi connectivity index (χ2n) is 11.2. The van der Waals surface area contributed by atoms with Gasteiger partial charge in [-0.05, 0) is 64.3 Å². The molecule has 0 amide bonds. The Kier molecular flexibility index (Phi) is 9.18. The van der Waals surface area contributed by atoms with Crippen molar-refractivity contribution < 1.29 is 24.0 Å². The summed E-state index contributed by atoms with van der Waals surface area (Å²) in [7, 11) is 0. The van der Waals surface area contributed by atoms with E-state index >= 15 is 0 Å². The number of esters is 2. The van der Waals surface area contributed by atoms with Crippen molar-refractivity contribution in [2.75, 3.05) is 6.54 Å². The number of ether oxygens (including phenoxy) is 2. The highest BCUT2D eigenvalue weighted by Crippen LogP contribution is 2.48. The fraction of sp³-hybridized carbons (Fsp3) is 0.323. The maximum absolute atomic E-state index is 14.4. The van der Waals surface area contributed by atoms with Gasteiger partial charge in [0.25, 0.3) is 0 Å². The van der Waals surface area contributed by atoms with E-state index in [0.29, 0.717) is 0 Å². The van der Waals surface area contributed by atoms with Gasteiger partial charge in [-0.3, -0.25) is 14.9 Å². The van der Waals surface area contributed by atoms with Crippen molar-refractivity contribution in [1.29, 1.82) is 0 Å². The zero-order chi connectivity index (χ0) is 28.8. The standard InChI is InChI=1S/C31H36NO6P/c1-30(2,3)37-28(33)26(22-32(35)36)27(29(34)38-31(4,5)6)39(23-16-10-7-11-17-23,24-18-12-8-13-19-24)25-20-14-9-15-21-25/h7-21,26H,22H2,1-6H3. The smallest absolute Gasteiger partial charge is 0.336 e. The fourth-order valence-electron chi connectivity index (χ4n) is 4.46. The van der Waals surface area contributed by atoms with E-state index < -0.39 is 47.4 Å². The van der Waals surface area contributed by atoms with Gasteiger partial charge in [-0.15, -0.1) is 0 Å². The first kappa shape index (κ1) is 29.9. The number of benzene rings is 3. The lowest BCUT2D eigenvalue weighted by Crippen LogP contribution is -2.46. The van der Waals surface area contributed by atoms with E-state index in [-0.39, 0.29) is 5.29 Å². The summed E-state index contributed by atoms with van der Waals surface area (Å²) in [4.78, 5) is 39.7. The third kappa shape index (κ3) is 7.24. The van der Waals surface area contributed by atoms with Gasteiger partial charge in [-0.2, -0.15) is 0 Å². The van der Waals surface area contributed by atoms with E-state index in [4.69, 9.17) is 9.47 Å². The van der Waals surface area contributed by atoms with Crippen LogP contribution in [0.5, 0.6) is 0 Å². The molecular formula is C31H36NO6P. The van der Waals surface area contributed by atoms with Crippen molar-refractivity contribution in [2.45, 2.75) is 52.7 Å². The van der Waals surface area contributed by atoms with Crippen LogP contribution < -0.4 is 15.9 Å². The lowest BCUT2D eigenvalue weighted by Gasteiger charge is -2.35. The molecule has 0 heterocycles. The van der Waals surface area contributed by atoms with E-state index in [1.54, 1.807) is 41.5 Å². The summed E-state index contributed by atoms with van der Waals surface area (Å²) in [5, 5.41) is 14.4. The third-order valence-electron chi connectivity index (χ3n) is 5.75. The Morgan fingerprint density at radius 2 is 1.08 bits per heavy atom. The Morgan fingerprint density at radius 3 is 1.38 bits per heavy atom. The Balaban J connectivity index is 2.66. The molecule has 0 spiro atoms. The van der Waals surface area contributed by atoms with Crippen LogP contribution in [0.25, 0.3) is 0 Å². The quantitative estimate of drug-likeness (QED) is 0.175. The second-order valence-corrected chi connectivity index (χ2v) is 14.5. The van der Waals surface area contributed by atoms with Gasteiger partial charge < -0.3 is 9.47 Å². The molecule has 1 atom stereocenters. The molecule has 0 saturated heterocycles. The van der Waals surface area contributed by atoms with Gasteiger partial charge >= 0.3 is 11.9 Å². The minimum Gasteiger partial charge on any atom is -0.459 e. The molecule has 8 heteroatoms. The first-order chi connectivity index (χ1) is 18.3. The predicted molar refractivity (Wildman–Crippen MR) is 157 cm³/mol. The minimum absolute atomic E-state index is 0.0342. The zero-order valence-electron chi connectivity index (χ0n) is 23.3. The van der Waals surface area contributed by atoms with E-state index in [1.165, 1.54) is 0 Å². The molecule has 0 radical (unpaired) electrons. The largest absolute Gasteiger partial charge is 0.459 e. The molecule has 0 N–H and O–H groups in total. The number of rotatable bonds is 8.